The highest BCUT2D eigenvalue weighted by Gasteiger charge is 2.21. The Morgan fingerprint density at radius 2 is 2.00 bits per heavy atom. The fourth-order valence-electron chi connectivity index (χ4n) is 3.74. The Kier molecular flexibility index (Phi) is 4.56. The van der Waals surface area contributed by atoms with E-state index in [0.29, 0.717) is 10.4 Å². The van der Waals surface area contributed by atoms with Crippen molar-refractivity contribution in [2.45, 2.75) is 13.0 Å². The number of rotatable bonds is 4. The molecule has 0 aliphatic heterocycles. The molecule has 4 aromatic heterocycles. The van der Waals surface area contributed by atoms with Gasteiger partial charge >= 0.3 is 5.65 Å². The van der Waals surface area contributed by atoms with Crippen LogP contribution in [0.3, 0.4) is 0 Å². The first-order chi connectivity index (χ1) is 14.5. The summed E-state index contributed by atoms with van der Waals surface area (Å²) < 4.78 is 6.47. The Morgan fingerprint density at radius 1 is 1.20 bits per heavy atom. The van der Waals surface area contributed by atoms with Crippen molar-refractivity contribution in [3.05, 3.63) is 87.4 Å². The molecule has 0 spiro atoms. The maximum absolute atomic E-state index is 13.4. The average Bonchev–Trinajstić information content (AvgIpc) is 3.38. The van der Waals surface area contributed by atoms with Gasteiger partial charge in [0.05, 0.1) is 42.0 Å². The molecule has 150 valence electrons. The van der Waals surface area contributed by atoms with Gasteiger partial charge in [0.15, 0.2) is 0 Å². The summed E-state index contributed by atoms with van der Waals surface area (Å²) in [6.45, 7) is 2.04. The molecule has 0 amide bonds. The van der Waals surface area contributed by atoms with Crippen molar-refractivity contribution in [2.75, 3.05) is 5.32 Å². The summed E-state index contributed by atoms with van der Waals surface area (Å²) in [4.78, 5) is 13.4. The number of fused-ring (bicyclic) bond motifs is 2. The summed E-state index contributed by atoms with van der Waals surface area (Å²) in [6, 6.07) is 15.4. The van der Waals surface area contributed by atoms with Crippen LogP contribution in [0.2, 0.25) is 5.02 Å². The van der Waals surface area contributed by atoms with Gasteiger partial charge in [-0.3, -0.25) is 9.36 Å². The quantitative estimate of drug-likeness (QED) is 0.426. The van der Waals surface area contributed by atoms with Crippen LogP contribution in [0, 0.1) is 0 Å². The molecule has 30 heavy (non-hydrogen) atoms. The largest absolute Gasteiger partial charge is 0.343 e. The molecule has 1 atom stereocenters. The first kappa shape index (κ1) is 18.8. The summed E-state index contributed by atoms with van der Waals surface area (Å²) in [5.74, 6) is 0.844. The van der Waals surface area contributed by atoms with Gasteiger partial charge in [-0.25, -0.2) is 4.57 Å². The summed E-state index contributed by atoms with van der Waals surface area (Å²) in [5, 5.41) is 10.8. The molecule has 8 heteroatoms. The topological polar surface area (TPSA) is 55.2 Å². The maximum Gasteiger partial charge on any atom is 0.310 e. The number of benzene rings is 1. The summed E-state index contributed by atoms with van der Waals surface area (Å²) in [6.07, 6.45) is 3.75. The van der Waals surface area contributed by atoms with Crippen molar-refractivity contribution in [1.82, 2.24) is 14.2 Å². The van der Waals surface area contributed by atoms with E-state index in [1.54, 1.807) is 10.8 Å². The van der Waals surface area contributed by atoms with Crippen molar-refractivity contribution in [2.24, 2.45) is 7.05 Å². The minimum absolute atomic E-state index is 0.114. The molecule has 5 rings (SSSR count). The molecule has 0 aliphatic rings. The van der Waals surface area contributed by atoms with E-state index in [9.17, 15) is 4.79 Å². The fourth-order valence-corrected chi connectivity index (χ4v) is 4.96. The number of nitrogens with one attached hydrogen (secondary N) is 1. The first-order valence-corrected chi connectivity index (χ1v) is 10.8. The van der Waals surface area contributed by atoms with Crippen LogP contribution in [0.25, 0.3) is 21.4 Å². The lowest BCUT2D eigenvalue weighted by molar-refractivity contribution is -0.648. The molecular weight excluding hydrogens is 418 g/mol. The third-order valence-electron chi connectivity index (χ3n) is 5.22. The number of para-hydroxylation sites is 1. The molecule has 4 heterocycles. The third-order valence-corrected chi connectivity index (χ3v) is 6.58. The smallest absolute Gasteiger partial charge is 0.310 e. The number of hydrogen-bond acceptors (Lipinski definition) is 4. The molecule has 0 saturated heterocycles. The number of anilines is 1. The van der Waals surface area contributed by atoms with Gasteiger partial charge in [-0.15, -0.1) is 11.3 Å². The van der Waals surface area contributed by atoms with Crippen molar-refractivity contribution in [3.63, 3.8) is 0 Å². The standard InChI is InChI=1S/C22H18ClN5OS/c1-14(25-19-9-11-26(2)20-8-10-24-28(19)20)17-12-18-21(16(23)13-30-18)22(29)27(17)15-6-4-3-5-7-15/h3-14H,1-2H3/p+1. The van der Waals surface area contributed by atoms with E-state index < -0.39 is 0 Å². The van der Waals surface area contributed by atoms with Crippen LogP contribution in [0.5, 0.6) is 0 Å². The van der Waals surface area contributed by atoms with Crippen molar-refractivity contribution < 1.29 is 4.57 Å². The fraction of sp³-hybridized carbons (Fsp3) is 0.136. The zero-order valence-electron chi connectivity index (χ0n) is 16.4. The lowest BCUT2D eigenvalue weighted by Crippen LogP contribution is -2.31. The Morgan fingerprint density at radius 3 is 2.80 bits per heavy atom. The number of hydrogen-bond donors (Lipinski definition) is 1. The van der Waals surface area contributed by atoms with E-state index in [2.05, 4.69) is 10.4 Å². The van der Waals surface area contributed by atoms with Crippen molar-refractivity contribution >= 4 is 44.5 Å². The van der Waals surface area contributed by atoms with Gasteiger partial charge in [-0.1, -0.05) is 39.4 Å². The average molecular weight is 437 g/mol. The van der Waals surface area contributed by atoms with Crippen LogP contribution in [-0.4, -0.2) is 14.2 Å². The molecule has 0 bridgehead atoms. The van der Waals surface area contributed by atoms with Crippen LogP contribution in [0.15, 0.2) is 71.1 Å². The first-order valence-electron chi connectivity index (χ1n) is 9.51. The van der Waals surface area contributed by atoms with Crippen LogP contribution in [0.1, 0.15) is 18.7 Å². The lowest BCUT2D eigenvalue weighted by Gasteiger charge is -2.20. The van der Waals surface area contributed by atoms with Gasteiger partial charge in [0.2, 0.25) is 5.82 Å². The Labute approximate surface area is 181 Å². The normalized spacial score (nSPS) is 12.5. The molecule has 0 fully saturated rings. The molecular formula is C22H19ClN5OS+. The summed E-state index contributed by atoms with van der Waals surface area (Å²) in [5.41, 5.74) is 2.51. The summed E-state index contributed by atoms with van der Waals surface area (Å²) in [7, 11) is 1.98. The molecule has 1 N–H and O–H groups in total. The van der Waals surface area contributed by atoms with Gasteiger partial charge in [-0.2, -0.15) is 0 Å². The molecule has 0 aliphatic carbocycles. The van der Waals surface area contributed by atoms with Gasteiger partial charge in [0.25, 0.3) is 5.56 Å². The Bertz CT molecular complexity index is 1440. The highest BCUT2D eigenvalue weighted by molar-refractivity contribution is 7.17. The molecule has 0 radical (unpaired) electrons. The minimum Gasteiger partial charge on any atom is -0.343 e. The second kappa shape index (κ2) is 7.27. The van der Waals surface area contributed by atoms with E-state index >= 15 is 0 Å². The lowest BCUT2D eigenvalue weighted by atomic mass is 10.1. The number of thiophene rings is 1. The molecule has 1 aromatic carbocycles. The van der Waals surface area contributed by atoms with E-state index in [4.69, 9.17) is 11.6 Å². The second-order valence-electron chi connectivity index (χ2n) is 7.15. The number of pyridine rings is 1. The van der Waals surface area contributed by atoms with Crippen LogP contribution >= 0.6 is 22.9 Å². The zero-order chi connectivity index (χ0) is 20.8. The van der Waals surface area contributed by atoms with Gasteiger partial charge in [-0.05, 0) is 25.1 Å². The second-order valence-corrected chi connectivity index (χ2v) is 8.47. The van der Waals surface area contributed by atoms with Crippen molar-refractivity contribution in [1.29, 1.82) is 0 Å². The third kappa shape index (κ3) is 2.98. The summed E-state index contributed by atoms with van der Waals surface area (Å²) >= 11 is 7.82. The number of aryl methyl sites for hydroxylation is 1. The number of halogens is 1. The number of aromatic nitrogens is 4. The zero-order valence-corrected chi connectivity index (χ0v) is 18.0. The van der Waals surface area contributed by atoms with Crippen molar-refractivity contribution in [3.8, 4) is 5.69 Å². The molecule has 5 aromatic rings. The molecule has 1 unspecified atom stereocenters. The highest BCUT2D eigenvalue weighted by Crippen LogP contribution is 2.31. The van der Waals surface area contributed by atoms with Gasteiger partial charge in [0, 0.05) is 27.5 Å². The van der Waals surface area contributed by atoms with Gasteiger partial charge < -0.3 is 5.32 Å². The van der Waals surface area contributed by atoms with Gasteiger partial charge in [0.1, 0.15) is 0 Å². The monoisotopic (exact) mass is 436 g/mol. The SMILES string of the molecule is CC(Nc1cc[n+](C)c2ccnn12)c1cc2scc(Cl)c2c(=O)n1-c1ccccc1. The minimum atomic E-state index is -0.164. The Balaban J connectivity index is 1.68. The van der Waals surface area contributed by atoms with Crippen LogP contribution in [-0.2, 0) is 7.05 Å². The number of nitrogens with zero attached hydrogens (tertiary/aromatic N) is 4. The Hall–Kier alpha value is -3.16. The highest BCUT2D eigenvalue weighted by atomic mass is 35.5. The van der Waals surface area contributed by atoms with E-state index in [1.807, 2.05) is 83.2 Å². The van der Waals surface area contributed by atoms with Crippen LogP contribution < -0.4 is 15.4 Å². The van der Waals surface area contributed by atoms with Crippen LogP contribution in [0.4, 0.5) is 5.82 Å². The predicted molar refractivity (Wildman–Crippen MR) is 121 cm³/mol. The maximum atomic E-state index is 13.4. The molecule has 6 nitrogen and oxygen atoms in total. The predicted octanol–water partition coefficient (Wildman–Crippen LogP) is 4.35. The van der Waals surface area contributed by atoms with E-state index in [0.717, 1.165) is 27.5 Å². The van der Waals surface area contributed by atoms with E-state index in [-0.39, 0.29) is 11.6 Å². The van der Waals surface area contributed by atoms with E-state index in [1.165, 1.54) is 11.3 Å². The molecule has 0 saturated carbocycles.